The van der Waals surface area contributed by atoms with E-state index >= 15 is 0 Å². The van der Waals surface area contributed by atoms with Crippen LogP contribution in [0, 0.1) is 5.92 Å². The lowest BCUT2D eigenvalue weighted by molar-refractivity contribution is -0.130. The Bertz CT molecular complexity index is 839. The summed E-state index contributed by atoms with van der Waals surface area (Å²) >= 11 is 0. The summed E-state index contributed by atoms with van der Waals surface area (Å²) in [5.74, 6) is -0.186. The first kappa shape index (κ1) is 24.6. The molecule has 0 radical (unpaired) electrons. The highest BCUT2D eigenvalue weighted by atomic mass is 16.2. The van der Waals surface area contributed by atoms with Crippen molar-refractivity contribution in [3.63, 3.8) is 0 Å². The van der Waals surface area contributed by atoms with Crippen molar-refractivity contribution in [2.45, 2.75) is 71.5 Å². The number of nitrogens with one attached hydrogen (secondary N) is 2. The van der Waals surface area contributed by atoms with Crippen molar-refractivity contribution in [3.8, 4) is 0 Å². The third-order valence-corrected chi connectivity index (χ3v) is 4.91. The van der Waals surface area contributed by atoms with Gasteiger partial charge in [0.15, 0.2) is 0 Å². The maximum Gasteiger partial charge on any atom is 0.243 e. The Morgan fingerprint density at radius 3 is 1.97 bits per heavy atom. The van der Waals surface area contributed by atoms with Gasteiger partial charge in [-0.05, 0) is 56.2 Å². The summed E-state index contributed by atoms with van der Waals surface area (Å²) in [6.07, 6.45) is 1.84. The maximum absolute atomic E-state index is 12.9. The van der Waals surface area contributed by atoms with Gasteiger partial charge < -0.3 is 16.4 Å². The van der Waals surface area contributed by atoms with E-state index in [4.69, 9.17) is 5.73 Å². The Balaban J connectivity index is 2.10. The van der Waals surface area contributed by atoms with Gasteiger partial charge in [0.05, 0.1) is 6.04 Å². The minimum Gasteiger partial charge on any atom is -0.350 e. The quantitative estimate of drug-likeness (QED) is 0.576. The molecule has 2 atom stereocenters. The third-order valence-electron chi connectivity index (χ3n) is 4.91. The topological polar surface area (TPSA) is 84.2 Å². The highest BCUT2D eigenvalue weighted by molar-refractivity contribution is 5.90. The summed E-state index contributed by atoms with van der Waals surface area (Å²) in [6, 6.07) is 17.2. The molecule has 168 valence electrons. The van der Waals surface area contributed by atoms with E-state index in [1.54, 1.807) is 0 Å². The Labute approximate surface area is 186 Å². The Kier molecular flexibility index (Phi) is 8.81. The lowest BCUT2D eigenvalue weighted by Crippen LogP contribution is -2.55. The zero-order valence-corrected chi connectivity index (χ0v) is 19.4. The number of benzene rings is 2. The highest BCUT2D eigenvalue weighted by Crippen LogP contribution is 2.13. The molecule has 0 aliphatic heterocycles. The summed E-state index contributed by atoms with van der Waals surface area (Å²) in [4.78, 5) is 25.5. The van der Waals surface area contributed by atoms with Crippen molar-refractivity contribution in [3.05, 3.63) is 71.3 Å². The van der Waals surface area contributed by atoms with Gasteiger partial charge >= 0.3 is 0 Å². The van der Waals surface area contributed by atoms with Crippen LogP contribution in [0.15, 0.2) is 54.6 Å². The normalized spacial score (nSPS) is 13.5. The van der Waals surface area contributed by atoms with Gasteiger partial charge in [-0.2, -0.15) is 0 Å². The van der Waals surface area contributed by atoms with Gasteiger partial charge in [0.2, 0.25) is 11.8 Å². The van der Waals surface area contributed by atoms with E-state index in [0.717, 1.165) is 12.0 Å². The van der Waals surface area contributed by atoms with Crippen molar-refractivity contribution in [1.82, 2.24) is 10.6 Å². The molecule has 4 N–H and O–H groups in total. The van der Waals surface area contributed by atoms with Crippen LogP contribution in [0.2, 0.25) is 0 Å². The molecule has 0 saturated carbocycles. The number of rotatable bonds is 9. The molecule has 0 aliphatic rings. The molecule has 2 unspecified atom stereocenters. The van der Waals surface area contributed by atoms with Crippen LogP contribution in [0.4, 0.5) is 0 Å². The second-order valence-corrected chi connectivity index (χ2v) is 9.72. The Morgan fingerprint density at radius 2 is 1.42 bits per heavy atom. The van der Waals surface area contributed by atoms with Gasteiger partial charge in [-0.1, -0.05) is 68.4 Å². The highest BCUT2D eigenvalue weighted by Gasteiger charge is 2.27. The summed E-state index contributed by atoms with van der Waals surface area (Å²) in [7, 11) is 0. The van der Waals surface area contributed by atoms with Crippen LogP contribution < -0.4 is 16.4 Å². The van der Waals surface area contributed by atoms with Crippen LogP contribution in [0.25, 0.3) is 0 Å². The molecule has 5 nitrogen and oxygen atoms in total. The summed E-state index contributed by atoms with van der Waals surface area (Å²) in [6.45, 7) is 9.81. The summed E-state index contributed by atoms with van der Waals surface area (Å²) in [5.41, 5.74) is 9.09. The van der Waals surface area contributed by atoms with E-state index in [0.29, 0.717) is 18.8 Å². The maximum atomic E-state index is 12.9. The fourth-order valence-electron chi connectivity index (χ4n) is 3.42. The molecule has 0 bridgehead atoms. The number of hydrogen-bond acceptors (Lipinski definition) is 3. The van der Waals surface area contributed by atoms with Crippen LogP contribution in [0.5, 0.6) is 0 Å². The zero-order chi connectivity index (χ0) is 23.0. The molecule has 31 heavy (non-hydrogen) atoms. The van der Waals surface area contributed by atoms with Gasteiger partial charge in [0, 0.05) is 12.0 Å². The molecule has 2 rings (SSSR count). The second-order valence-electron chi connectivity index (χ2n) is 9.72. The first-order chi connectivity index (χ1) is 14.5. The summed E-state index contributed by atoms with van der Waals surface area (Å²) in [5, 5.41) is 5.85. The van der Waals surface area contributed by atoms with Crippen LogP contribution in [0.3, 0.4) is 0 Å². The Hall–Kier alpha value is -2.66. The van der Waals surface area contributed by atoms with Crippen LogP contribution >= 0.6 is 0 Å². The molecule has 5 heteroatoms. The smallest absolute Gasteiger partial charge is 0.243 e. The van der Waals surface area contributed by atoms with Crippen molar-refractivity contribution < 1.29 is 9.59 Å². The molecule has 2 aromatic rings. The van der Waals surface area contributed by atoms with Crippen molar-refractivity contribution in [2.24, 2.45) is 11.7 Å². The van der Waals surface area contributed by atoms with E-state index in [-0.39, 0.29) is 17.4 Å². The monoisotopic (exact) mass is 423 g/mol. The lowest BCUT2D eigenvalue weighted by Gasteiger charge is -2.26. The van der Waals surface area contributed by atoms with E-state index < -0.39 is 12.1 Å². The average molecular weight is 424 g/mol. The average Bonchev–Trinajstić information content (AvgIpc) is 2.67. The molecule has 0 saturated heterocycles. The number of amides is 2. The van der Waals surface area contributed by atoms with E-state index in [9.17, 15) is 9.59 Å². The van der Waals surface area contributed by atoms with Gasteiger partial charge in [-0.3, -0.25) is 9.59 Å². The SMILES string of the molecule is CC(C)CC(N)C(=O)NC(Cc1ccc(Cc2ccccc2)cc1)C(=O)NC(C)(C)C. The first-order valence-electron chi connectivity index (χ1n) is 11.0. The molecule has 2 amide bonds. The van der Waals surface area contributed by atoms with Gasteiger partial charge in [-0.25, -0.2) is 0 Å². The van der Waals surface area contributed by atoms with Crippen LogP contribution in [-0.2, 0) is 22.4 Å². The van der Waals surface area contributed by atoms with E-state index in [1.165, 1.54) is 11.1 Å². The standard InChI is InChI=1S/C26H37N3O2/c1-18(2)15-22(27)24(30)28-23(25(31)29-26(3,4)5)17-21-13-11-20(12-14-21)16-19-9-7-6-8-10-19/h6-14,18,22-23H,15-17,27H2,1-5H3,(H,28,30)(H,29,31). The molecule has 0 fully saturated rings. The molecule has 0 heterocycles. The molecule has 0 spiro atoms. The number of carbonyl (C=O) groups is 2. The first-order valence-corrected chi connectivity index (χ1v) is 11.0. The third kappa shape index (κ3) is 8.93. The van der Waals surface area contributed by atoms with Gasteiger partial charge in [0.25, 0.3) is 0 Å². The fourth-order valence-corrected chi connectivity index (χ4v) is 3.42. The minimum absolute atomic E-state index is 0.203. The van der Waals surface area contributed by atoms with Gasteiger partial charge in [0.1, 0.15) is 6.04 Å². The molecule has 2 aromatic carbocycles. The molecule has 0 aliphatic carbocycles. The Morgan fingerprint density at radius 1 is 0.871 bits per heavy atom. The predicted molar refractivity (Wildman–Crippen MR) is 127 cm³/mol. The number of carbonyl (C=O) groups excluding carboxylic acids is 2. The molecule has 0 aromatic heterocycles. The molecular formula is C26H37N3O2. The van der Waals surface area contributed by atoms with Gasteiger partial charge in [-0.15, -0.1) is 0 Å². The van der Waals surface area contributed by atoms with Crippen LogP contribution in [0.1, 0.15) is 57.7 Å². The number of hydrogen-bond donors (Lipinski definition) is 3. The van der Waals surface area contributed by atoms with Crippen molar-refractivity contribution >= 4 is 11.8 Å². The zero-order valence-electron chi connectivity index (χ0n) is 19.4. The van der Waals surface area contributed by atoms with Crippen molar-refractivity contribution in [1.29, 1.82) is 0 Å². The largest absolute Gasteiger partial charge is 0.350 e. The lowest BCUT2D eigenvalue weighted by atomic mass is 9.98. The number of nitrogens with two attached hydrogens (primary N) is 1. The second kappa shape index (κ2) is 11.1. The predicted octanol–water partition coefficient (Wildman–Crippen LogP) is 3.59. The molecular weight excluding hydrogens is 386 g/mol. The minimum atomic E-state index is -0.676. The van der Waals surface area contributed by atoms with Crippen molar-refractivity contribution in [2.75, 3.05) is 0 Å². The van der Waals surface area contributed by atoms with E-state index in [1.807, 2.05) is 65.0 Å². The fraction of sp³-hybridized carbons (Fsp3) is 0.462. The van der Waals surface area contributed by atoms with E-state index in [2.05, 4.69) is 34.9 Å². The summed E-state index contributed by atoms with van der Waals surface area (Å²) < 4.78 is 0. The van der Waals surface area contributed by atoms with Crippen LogP contribution in [-0.4, -0.2) is 29.4 Å².